The zero-order valence-corrected chi connectivity index (χ0v) is 22.6. The van der Waals surface area contributed by atoms with Gasteiger partial charge in [0.2, 0.25) is 5.78 Å². The highest BCUT2D eigenvalue weighted by atomic mass is 16.5. The number of methoxy groups -OCH3 is 1. The molecule has 0 unspecified atom stereocenters. The van der Waals surface area contributed by atoms with E-state index in [9.17, 15) is 14.4 Å². The number of aryl methyl sites for hydroxylation is 1. The van der Waals surface area contributed by atoms with Gasteiger partial charge in [-0.2, -0.15) is 0 Å². The van der Waals surface area contributed by atoms with Crippen LogP contribution in [0.15, 0.2) is 42.2 Å². The molecule has 0 radical (unpaired) electrons. The fourth-order valence-corrected chi connectivity index (χ4v) is 2.88. The minimum absolute atomic E-state index is 0.0919. The Labute approximate surface area is 213 Å². The molecule has 0 aliphatic heterocycles. The van der Waals surface area contributed by atoms with Crippen molar-refractivity contribution in [3.63, 3.8) is 0 Å². The molecule has 0 saturated carbocycles. The monoisotopic (exact) mass is 496 g/mol. The molecule has 0 bridgehead atoms. The number of carbonyl (C=O) groups is 3. The van der Waals surface area contributed by atoms with Gasteiger partial charge in [-0.3, -0.25) is 14.4 Å². The zero-order valence-electron chi connectivity index (χ0n) is 22.6. The molecule has 7 heteroatoms. The Hall–Kier alpha value is -3.61. The number of benzene rings is 2. The van der Waals surface area contributed by atoms with Crippen LogP contribution in [0.4, 0.5) is 0 Å². The topological polar surface area (TPSA) is 88.1 Å². The van der Waals surface area contributed by atoms with E-state index in [1.807, 2.05) is 13.8 Å². The second kappa shape index (κ2) is 11.4. The van der Waals surface area contributed by atoms with Crippen molar-refractivity contribution < 1.29 is 33.3 Å². The summed E-state index contributed by atoms with van der Waals surface area (Å²) in [6.07, 6.45) is 1.59. The molecule has 0 heterocycles. The van der Waals surface area contributed by atoms with Crippen molar-refractivity contribution in [1.82, 2.24) is 0 Å². The van der Waals surface area contributed by atoms with E-state index in [-0.39, 0.29) is 23.5 Å². The molecule has 0 amide bonds. The molecule has 0 N–H and O–H groups in total. The Kier molecular flexibility index (Phi) is 9.08. The van der Waals surface area contributed by atoms with Gasteiger partial charge in [0.15, 0.2) is 5.76 Å². The first-order chi connectivity index (χ1) is 16.7. The van der Waals surface area contributed by atoms with E-state index in [1.165, 1.54) is 7.11 Å². The zero-order chi connectivity index (χ0) is 27.3. The van der Waals surface area contributed by atoms with E-state index in [0.29, 0.717) is 40.5 Å². The molecule has 0 aromatic heterocycles. The van der Waals surface area contributed by atoms with Gasteiger partial charge in [0.05, 0.1) is 24.5 Å². The summed E-state index contributed by atoms with van der Waals surface area (Å²) >= 11 is 0. The van der Waals surface area contributed by atoms with E-state index in [4.69, 9.17) is 18.9 Å². The van der Waals surface area contributed by atoms with Crippen LogP contribution in [-0.2, 0) is 14.3 Å². The van der Waals surface area contributed by atoms with Crippen LogP contribution < -0.4 is 14.2 Å². The quantitative estimate of drug-likeness (QED) is 0.142. The molecule has 0 fully saturated rings. The summed E-state index contributed by atoms with van der Waals surface area (Å²) in [6.45, 7) is 14.7. The number of ketones is 1. The minimum Gasteiger partial charge on any atom is -0.493 e. The summed E-state index contributed by atoms with van der Waals surface area (Å²) in [4.78, 5) is 37.6. The first kappa shape index (κ1) is 28.6. The predicted octanol–water partition coefficient (Wildman–Crippen LogP) is 6.17. The first-order valence-electron chi connectivity index (χ1n) is 11.8. The van der Waals surface area contributed by atoms with E-state index in [1.54, 1.807) is 84.0 Å². The third kappa shape index (κ3) is 7.44. The average molecular weight is 497 g/mol. The highest BCUT2D eigenvalue weighted by Gasteiger charge is 2.26. The molecule has 36 heavy (non-hydrogen) atoms. The molecule has 0 saturated heterocycles. The van der Waals surface area contributed by atoms with Crippen molar-refractivity contribution in [3.05, 3.63) is 58.8 Å². The summed E-state index contributed by atoms with van der Waals surface area (Å²) in [5.41, 5.74) is 0.370. The number of hydrogen-bond donors (Lipinski definition) is 0. The maximum Gasteiger partial charge on any atom is 0.316 e. The van der Waals surface area contributed by atoms with Crippen molar-refractivity contribution in [2.75, 3.05) is 13.7 Å². The summed E-state index contributed by atoms with van der Waals surface area (Å²) < 4.78 is 22.1. The lowest BCUT2D eigenvalue weighted by Crippen LogP contribution is -2.25. The fourth-order valence-electron chi connectivity index (χ4n) is 2.88. The van der Waals surface area contributed by atoms with Crippen molar-refractivity contribution in [2.24, 2.45) is 10.8 Å². The van der Waals surface area contributed by atoms with Gasteiger partial charge in [-0.1, -0.05) is 0 Å². The second-order valence-electron chi connectivity index (χ2n) is 10.4. The van der Waals surface area contributed by atoms with Crippen molar-refractivity contribution in [2.45, 2.75) is 55.4 Å². The molecule has 194 valence electrons. The molecule has 2 rings (SSSR count). The normalized spacial score (nSPS) is 12.1. The number of Topliss-reactive ketones (excluding diaryl/α,β-unsaturated/α-hetero) is 1. The fraction of sp³-hybridized carbons (Fsp3) is 0.414. The number of hydrogen-bond acceptors (Lipinski definition) is 7. The van der Waals surface area contributed by atoms with Gasteiger partial charge in [0.25, 0.3) is 0 Å². The lowest BCUT2D eigenvalue weighted by molar-refractivity contribution is -0.143. The number of allylic oxidation sites excluding steroid dienone is 1. The standard InChI is InChI=1S/C29H36O7/c1-10-34-23-17-22(36-27(32)29(6,7)8)18(2)15-20(23)16-24(33-9)25(30)19-11-13-21(14-12-19)35-26(31)28(3,4)5/h11-17H,10H2,1-9H3. The van der Waals surface area contributed by atoms with E-state index in [2.05, 4.69) is 0 Å². The third-order valence-electron chi connectivity index (χ3n) is 5.09. The van der Waals surface area contributed by atoms with Gasteiger partial charge in [-0.05, 0) is 97.4 Å². The summed E-state index contributed by atoms with van der Waals surface area (Å²) in [5, 5.41) is 0. The summed E-state index contributed by atoms with van der Waals surface area (Å²) in [5.74, 6) is 0.205. The van der Waals surface area contributed by atoms with Crippen LogP contribution in [0.2, 0.25) is 0 Å². The lowest BCUT2D eigenvalue weighted by Gasteiger charge is -2.19. The van der Waals surface area contributed by atoms with Crippen molar-refractivity contribution >= 4 is 23.8 Å². The highest BCUT2D eigenvalue weighted by molar-refractivity contribution is 6.10. The number of esters is 2. The maximum atomic E-state index is 13.1. The Bertz CT molecular complexity index is 1140. The van der Waals surface area contributed by atoms with Crippen LogP contribution >= 0.6 is 0 Å². The van der Waals surface area contributed by atoms with E-state index < -0.39 is 10.8 Å². The Morgan fingerprint density at radius 1 is 0.833 bits per heavy atom. The van der Waals surface area contributed by atoms with Crippen LogP contribution in [0.5, 0.6) is 17.2 Å². The predicted molar refractivity (Wildman–Crippen MR) is 138 cm³/mol. The third-order valence-corrected chi connectivity index (χ3v) is 5.09. The SMILES string of the molecule is CCOc1cc(OC(=O)C(C)(C)C)c(C)cc1C=C(OC)C(=O)c1ccc(OC(=O)C(C)(C)C)cc1. The maximum absolute atomic E-state index is 13.1. The van der Waals surface area contributed by atoms with E-state index >= 15 is 0 Å². The molecule has 0 aliphatic rings. The number of rotatable bonds is 8. The van der Waals surface area contributed by atoms with E-state index in [0.717, 1.165) is 0 Å². The van der Waals surface area contributed by atoms with Gasteiger partial charge < -0.3 is 18.9 Å². The second-order valence-corrected chi connectivity index (χ2v) is 10.4. The Morgan fingerprint density at radius 2 is 1.39 bits per heavy atom. The number of carbonyl (C=O) groups excluding carboxylic acids is 3. The minimum atomic E-state index is -0.660. The smallest absolute Gasteiger partial charge is 0.316 e. The largest absolute Gasteiger partial charge is 0.493 e. The average Bonchev–Trinajstić information content (AvgIpc) is 2.79. The number of ether oxygens (including phenoxy) is 4. The van der Waals surface area contributed by atoms with Crippen LogP contribution in [0, 0.1) is 17.8 Å². The first-order valence-corrected chi connectivity index (χ1v) is 11.8. The van der Waals surface area contributed by atoms with Crippen LogP contribution in [0.1, 0.15) is 70.0 Å². The highest BCUT2D eigenvalue weighted by Crippen LogP contribution is 2.33. The summed E-state index contributed by atoms with van der Waals surface area (Å²) in [6, 6.07) is 9.70. The van der Waals surface area contributed by atoms with Crippen molar-refractivity contribution in [1.29, 1.82) is 0 Å². The molecule has 0 atom stereocenters. The van der Waals surface area contributed by atoms with Crippen LogP contribution in [-0.4, -0.2) is 31.4 Å². The molecule has 2 aromatic carbocycles. The lowest BCUT2D eigenvalue weighted by atomic mass is 9.97. The van der Waals surface area contributed by atoms with Gasteiger partial charge in [-0.15, -0.1) is 0 Å². The Morgan fingerprint density at radius 3 is 1.89 bits per heavy atom. The molecular formula is C29H36O7. The molecule has 0 spiro atoms. The summed E-state index contributed by atoms with van der Waals surface area (Å²) in [7, 11) is 1.41. The molecular weight excluding hydrogens is 460 g/mol. The van der Waals surface area contributed by atoms with Gasteiger partial charge in [0, 0.05) is 17.2 Å². The van der Waals surface area contributed by atoms with Gasteiger partial charge in [-0.25, -0.2) is 0 Å². The molecule has 2 aromatic rings. The Balaban J connectivity index is 2.36. The molecule has 7 nitrogen and oxygen atoms in total. The van der Waals surface area contributed by atoms with Crippen LogP contribution in [0.25, 0.3) is 6.08 Å². The molecule has 0 aliphatic carbocycles. The van der Waals surface area contributed by atoms with Crippen molar-refractivity contribution in [3.8, 4) is 17.2 Å². The van der Waals surface area contributed by atoms with Crippen LogP contribution in [0.3, 0.4) is 0 Å². The van der Waals surface area contributed by atoms with Gasteiger partial charge in [0.1, 0.15) is 17.2 Å². The van der Waals surface area contributed by atoms with Gasteiger partial charge >= 0.3 is 11.9 Å².